The second-order valence-corrected chi connectivity index (χ2v) is 23.4. The molecule has 0 amide bonds. The van der Waals surface area contributed by atoms with Gasteiger partial charge in [-0.25, -0.2) is 0 Å². The predicted molar refractivity (Wildman–Crippen MR) is 132 cm³/mol. The molecule has 1 unspecified atom stereocenters. The average molecular weight is 466 g/mol. The lowest BCUT2D eigenvalue weighted by Crippen LogP contribution is -2.75. The third kappa shape index (κ3) is 3.06. The van der Waals surface area contributed by atoms with Crippen LogP contribution in [0.25, 0.3) is 0 Å². The zero-order valence-corrected chi connectivity index (χ0v) is 24.0. The molecule has 4 nitrogen and oxygen atoms in total. The maximum absolute atomic E-state index is 10.6. The highest BCUT2D eigenvalue weighted by Crippen LogP contribution is 2.85. The Hall–Kier alpha value is -0.196. The number of rotatable bonds is 5. The molecule has 2 bridgehead atoms. The molecule has 4 fully saturated rings. The van der Waals surface area contributed by atoms with Gasteiger partial charge in [-0.3, -0.25) is 0 Å². The second-order valence-electron chi connectivity index (χ2n) is 13.9. The van der Waals surface area contributed by atoms with E-state index in [1.807, 2.05) is 0 Å². The van der Waals surface area contributed by atoms with Gasteiger partial charge < -0.3 is 14.0 Å². The van der Waals surface area contributed by atoms with Crippen LogP contribution in [0.5, 0.6) is 0 Å². The fourth-order valence-corrected chi connectivity index (χ4v) is 9.64. The van der Waals surface area contributed by atoms with Crippen LogP contribution >= 0.6 is 0 Å². The number of aliphatic hydroxyl groups is 1. The molecular weight excluding hydrogens is 418 g/mol. The number of fused-ring (bicyclic) bond motifs is 1. The maximum Gasteiger partial charge on any atom is 0.192 e. The summed E-state index contributed by atoms with van der Waals surface area (Å²) in [6, 6.07) is 2.74. The van der Waals surface area contributed by atoms with Crippen molar-refractivity contribution in [3.8, 4) is 6.07 Å². The lowest BCUT2D eigenvalue weighted by molar-refractivity contribution is -0.279. The first kappa shape index (κ1) is 25.4. The fourth-order valence-electron chi connectivity index (χ4n) is 6.91. The summed E-state index contributed by atoms with van der Waals surface area (Å²) < 4.78 is 14.3. The third-order valence-electron chi connectivity index (χ3n) is 10.7. The molecule has 0 heterocycles. The van der Waals surface area contributed by atoms with Crippen LogP contribution in [0.1, 0.15) is 74.1 Å². The van der Waals surface area contributed by atoms with E-state index < -0.39 is 22.0 Å². The summed E-state index contributed by atoms with van der Waals surface area (Å²) in [6.07, 6.45) is 3.93. The van der Waals surface area contributed by atoms with Crippen molar-refractivity contribution in [3.05, 3.63) is 0 Å². The van der Waals surface area contributed by atoms with Gasteiger partial charge in [0.05, 0.1) is 23.7 Å². The van der Waals surface area contributed by atoms with Gasteiger partial charge in [0.25, 0.3) is 0 Å². The molecule has 4 saturated carbocycles. The summed E-state index contributed by atoms with van der Waals surface area (Å²) in [7, 11) is -4.07. The quantitative estimate of drug-likeness (QED) is 0.472. The molecule has 4 rings (SSSR count). The van der Waals surface area contributed by atoms with E-state index >= 15 is 0 Å². The molecule has 4 aliphatic carbocycles. The highest BCUT2D eigenvalue weighted by Gasteiger charge is 2.88. The van der Waals surface area contributed by atoms with Crippen molar-refractivity contribution in [1.82, 2.24) is 0 Å². The van der Waals surface area contributed by atoms with Crippen molar-refractivity contribution in [2.45, 2.75) is 123 Å². The summed E-state index contributed by atoms with van der Waals surface area (Å²) in [5.74, 6) is -0.0557. The topological polar surface area (TPSA) is 62.5 Å². The van der Waals surface area contributed by atoms with Crippen LogP contribution in [0.15, 0.2) is 0 Å². The molecule has 0 saturated heterocycles. The first-order valence-electron chi connectivity index (χ1n) is 12.3. The number of nitriles is 1. The third-order valence-corrected chi connectivity index (χ3v) is 19.7. The first-order chi connectivity index (χ1) is 13.9. The standard InChI is InChI=1S/C25H47NO3Si2/c1-21(2,3)30(8,9)28-19-13-12-14-23(7)24(17-26)15-20(25(19,23)18(24)16-27)29-31(10,11)22(4,5)6/h18-20,27H,12-16H2,1-11H3/t18?,19-,20+,23+,24+,25+/m1/s1. The SMILES string of the molecule is CC(C)(C)[Si](C)(C)O[C@H]1C[C@]2(C#N)C(CO)[C@]13[C@H](O[Si](C)(C)C(C)(C)C)CCC[C@]32C. The van der Waals surface area contributed by atoms with Gasteiger partial charge in [0, 0.05) is 17.9 Å². The van der Waals surface area contributed by atoms with Gasteiger partial charge in [0.2, 0.25) is 0 Å². The van der Waals surface area contributed by atoms with Crippen LogP contribution in [0.3, 0.4) is 0 Å². The molecule has 0 radical (unpaired) electrons. The van der Waals surface area contributed by atoms with E-state index in [0.29, 0.717) is 0 Å². The zero-order chi connectivity index (χ0) is 23.9. The lowest BCUT2D eigenvalue weighted by Gasteiger charge is -2.72. The molecule has 6 heteroatoms. The molecular formula is C25H47NO3Si2. The van der Waals surface area contributed by atoms with E-state index in [4.69, 9.17) is 8.85 Å². The maximum atomic E-state index is 10.6. The van der Waals surface area contributed by atoms with Crippen molar-refractivity contribution < 1.29 is 14.0 Å². The summed E-state index contributed by atoms with van der Waals surface area (Å²) in [6.45, 7) is 25.4. The monoisotopic (exact) mass is 465 g/mol. The van der Waals surface area contributed by atoms with Crippen molar-refractivity contribution >= 4 is 16.6 Å². The van der Waals surface area contributed by atoms with Crippen LogP contribution in [0.4, 0.5) is 0 Å². The first-order valence-corrected chi connectivity index (χ1v) is 18.1. The van der Waals surface area contributed by atoms with Crippen LogP contribution in [-0.4, -0.2) is 40.6 Å². The van der Waals surface area contributed by atoms with E-state index in [-0.39, 0.29) is 45.6 Å². The highest BCUT2D eigenvalue weighted by atomic mass is 28.4. The van der Waals surface area contributed by atoms with Crippen LogP contribution in [-0.2, 0) is 8.85 Å². The smallest absolute Gasteiger partial charge is 0.192 e. The summed E-state index contributed by atoms with van der Waals surface area (Å²) in [4.78, 5) is 0. The molecule has 0 aromatic heterocycles. The Morgan fingerprint density at radius 2 is 1.45 bits per heavy atom. The Morgan fingerprint density at radius 1 is 0.968 bits per heavy atom. The Morgan fingerprint density at radius 3 is 1.87 bits per heavy atom. The van der Waals surface area contributed by atoms with Crippen molar-refractivity contribution in [2.24, 2.45) is 22.2 Å². The molecule has 1 N–H and O–H groups in total. The van der Waals surface area contributed by atoms with Gasteiger partial charge in [-0.05, 0) is 60.9 Å². The largest absolute Gasteiger partial charge is 0.413 e. The molecule has 4 aliphatic rings. The van der Waals surface area contributed by atoms with Gasteiger partial charge in [-0.15, -0.1) is 0 Å². The van der Waals surface area contributed by atoms with Crippen molar-refractivity contribution in [3.63, 3.8) is 0 Å². The minimum absolute atomic E-state index is 0.00902. The summed E-state index contributed by atoms with van der Waals surface area (Å²) in [5.41, 5.74) is -0.911. The predicted octanol–water partition coefficient (Wildman–Crippen LogP) is 6.48. The van der Waals surface area contributed by atoms with Gasteiger partial charge in [-0.1, -0.05) is 54.9 Å². The minimum atomic E-state index is -2.05. The average Bonchev–Trinajstić information content (AvgIpc) is 3.00. The molecule has 0 aliphatic heterocycles. The number of hydrogen-bond donors (Lipinski definition) is 1. The van der Waals surface area contributed by atoms with Crippen LogP contribution in [0.2, 0.25) is 36.3 Å². The van der Waals surface area contributed by atoms with Gasteiger partial charge in [0.15, 0.2) is 16.6 Å². The van der Waals surface area contributed by atoms with Crippen molar-refractivity contribution in [2.75, 3.05) is 6.61 Å². The Labute approximate surface area is 193 Å². The zero-order valence-electron chi connectivity index (χ0n) is 22.0. The highest BCUT2D eigenvalue weighted by molar-refractivity contribution is 6.74. The van der Waals surface area contributed by atoms with E-state index in [1.54, 1.807) is 0 Å². The number of hydrogen-bond acceptors (Lipinski definition) is 4. The molecule has 6 atom stereocenters. The van der Waals surface area contributed by atoms with Crippen molar-refractivity contribution in [1.29, 1.82) is 5.26 Å². The molecule has 31 heavy (non-hydrogen) atoms. The van der Waals surface area contributed by atoms with Crippen LogP contribution in [0, 0.1) is 33.5 Å². The van der Waals surface area contributed by atoms with E-state index in [0.717, 1.165) is 25.7 Å². The van der Waals surface area contributed by atoms with E-state index in [1.165, 1.54) is 0 Å². The lowest BCUT2D eigenvalue weighted by atomic mass is 9.32. The minimum Gasteiger partial charge on any atom is -0.413 e. The molecule has 1 spiro atoms. The van der Waals surface area contributed by atoms with Gasteiger partial charge >= 0.3 is 0 Å². The fraction of sp³-hybridized carbons (Fsp3) is 0.960. The van der Waals surface area contributed by atoms with Gasteiger partial charge in [0.1, 0.15) is 0 Å². The molecule has 0 aromatic carbocycles. The van der Waals surface area contributed by atoms with E-state index in [2.05, 4.69) is 80.7 Å². The molecule has 178 valence electrons. The normalized spacial score (nSPS) is 40.8. The Kier molecular flexibility index (Phi) is 5.87. The van der Waals surface area contributed by atoms with Gasteiger partial charge in [-0.2, -0.15) is 5.26 Å². The molecule has 0 aromatic rings. The number of aliphatic hydroxyl groups excluding tert-OH is 1. The van der Waals surface area contributed by atoms with E-state index in [9.17, 15) is 10.4 Å². The summed E-state index contributed by atoms with van der Waals surface area (Å²) in [5, 5.41) is 21.3. The second kappa shape index (κ2) is 7.15. The van der Waals surface area contributed by atoms with Crippen LogP contribution < -0.4 is 0 Å². The number of nitrogens with zero attached hydrogens (tertiary/aromatic N) is 1. The Bertz CT molecular complexity index is 762. The summed E-state index contributed by atoms with van der Waals surface area (Å²) >= 11 is 0. The Balaban J connectivity index is 2.12.